The van der Waals surface area contributed by atoms with Crippen molar-refractivity contribution in [1.29, 1.82) is 0 Å². The first-order valence-corrected chi connectivity index (χ1v) is 6.41. The number of aryl methyl sites for hydroxylation is 1. The van der Waals surface area contributed by atoms with Crippen molar-refractivity contribution in [2.24, 2.45) is 0 Å². The lowest BCUT2D eigenvalue weighted by atomic mass is 10.2. The number of carbonyl (C=O) groups is 2. The summed E-state index contributed by atoms with van der Waals surface area (Å²) in [7, 11) is 1.30. The normalized spacial score (nSPS) is 19.0. The lowest BCUT2D eigenvalue weighted by Crippen LogP contribution is -2.35. The lowest BCUT2D eigenvalue weighted by molar-refractivity contribution is -0.138. The summed E-state index contributed by atoms with van der Waals surface area (Å²) in [5.74, 6) is -1.33. The number of carboxylic acids is 1. The number of rotatable bonds is 3. The molecule has 98 valence electrons. The molecule has 1 aliphatic rings. The van der Waals surface area contributed by atoms with Gasteiger partial charge in [-0.15, -0.1) is 11.3 Å². The molecule has 1 fully saturated rings. The molecule has 1 N–H and O–H groups in total. The van der Waals surface area contributed by atoms with Gasteiger partial charge in [0.1, 0.15) is 6.04 Å². The van der Waals surface area contributed by atoms with Crippen LogP contribution in [0.3, 0.4) is 0 Å². The van der Waals surface area contributed by atoms with E-state index in [2.05, 4.69) is 9.72 Å². The average Bonchev–Trinajstić information content (AvgIpc) is 2.93. The van der Waals surface area contributed by atoms with Gasteiger partial charge in [0.05, 0.1) is 7.11 Å². The molecule has 1 aromatic rings. The molecule has 0 radical (unpaired) electrons. The summed E-state index contributed by atoms with van der Waals surface area (Å²) in [6, 6.07) is -0.541. The summed E-state index contributed by atoms with van der Waals surface area (Å²) >= 11 is 1.33. The molecule has 7 heteroatoms. The van der Waals surface area contributed by atoms with Crippen molar-refractivity contribution in [3.63, 3.8) is 0 Å². The van der Waals surface area contributed by atoms with Gasteiger partial charge in [0, 0.05) is 11.4 Å². The fraction of sp³-hybridized carbons (Fsp3) is 0.545. The van der Waals surface area contributed by atoms with Crippen LogP contribution in [0.4, 0.5) is 5.13 Å². The maximum atomic E-state index is 11.5. The van der Waals surface area contributed by atoms with Crippen molar-refractivity contribution in [3.05, 3.63) is 10.6 Å². The number of carboxylic acid groups (broad SMARTS) is 1. The molecule has 0 aliphatic carbocycles. The molecule has 6 nitrogen and oxygen atoms in total. The molecule has 1 aromatic heterocycles. The third-order valence-corrected chi connectivity index (χ3v) is 3.96. The van der Waals surface area contributed by atoms with Crippen molar-refractivity contribution in [1.82, 2.24) is 4.98 Å². The van der Waals surface area contributed by atoms with E-state index in [1.165, 1.54) is 18.4 Å². The molecule has 18 heavy (non-hydrogen) atoms. The maximum absolute atomic E-state index is 11.5. The van der Waals surface area contributed by atoms with Crippen LogP contribution in [0.25, 0.3) is 0 Å². The third kappa shape index (κ3) is 2.17. The molecule has 0 aromatic carbocycles. The van der Waals surface area contributed by atoms with Gasteiger partial charge in [0.15, 0.2) is 10.8 Å². The molecule has 2 rings (SSSR count). The Hall–Kier alpha value is -1.63. The van der Waals surface area contributed by atoms with E-state index < -0.39 is 18.0 Å². The van der Waals surface area contributed by atoms with Crippen molar-refractivity contribution in [3.8, 4) is 0 Å². The Morgan fingerprint density at radius 1 is 1.56 bits per heavy atom. The van der Waals surface area contributed by atoms with E-state index in [1.54, 1.807) is 11.8 Å². The Morgan fingerprint density at radius 3 is 2.89 bits per heavy atom. The predicted octanol–water partition coefficient (Wildman–Crippen LogP) is 1.29. The van der Waals surface area contributed by atoms with E-state index in [-0.39, 0.29) is 5.69 Å². The first kappa shape index (κ1) is 12.8. The van der Waals surface area contributed by atoms with E-state index in [0.29, 0.717) is 18.1 Å². The summed E-state index contributed by atoms with van der Waals surface area (Å²) in [6.07, 6.45) is 1.44. The summed E-state index contributed by atoms with van der Waals surface area (Å²) < 4.78 is 4.64. The predicted molar refractivity (Wildman–Crippen MR) is 66.2 cm³/mol. The second-order valence-corrected chi connectivity index (χ2v) is 5.26. The van der Waals surface area contributed by atoms with Crippen molar-refractivity contribution < 1.29 is 19.4 Å². The number of nitrogens with zero attached hydrogens (tertiary/aromatic N) is 2. The average molecular weight is 270 g/mol. The van der Waals surface area contributed by atoms with Gasteiger partial charge in [-0.3, -0.25) is 0 Å². The zero-order chi connectivity index (χ0) is 13.3. The first-order chi connectivity index (χ1) is 8.54. The smallest absolute Gasteiger partial charge is 0.357 e. The van der Waals surface area contributed by atoms with Crippen LogP contribution in [-0.4, -0.2) is 41.7 Å². The van der Waals surface area contributed by atoms with Crippen LogP contribution in [0.1, 0.15) is 28.2 Å². The Balaban J connectivity index is 2.29. The number of aliphatic carboxylic acids is 1. The highest BCUT2D eigenvalue weighted by atomic mass is 32.1. The Labute approximate surface area is 108 Å². The Morgan fingerprint density at radius 2 is 2.28 bits per heavy atom. The number of thiazole rings is 1. The molecule has 0 spiro atoms. The zero-order valence-corrected chi connectivity index (χ0v) is 11.0. The Bertz CT molecular complexity index is 485. The minimum Gasteiger partial charge on any atom is -0.480 e. The molecule has 1 saturated heterocycles. The molecule has 0 bridgehead atoms. The highest BCUT2D eigenvalue weighted by Crippen LogP contribution is 2.31. The fourth-order valence-corrected chi connectivity index (χ4v) is 3.02. The second-order valence-electron chi connectivity index (χ2n) is 4.08. The van der Waals surface area contributed by atoms with Crippen molar-refractivity contribution >= 4 is 28.4 Å². The van der Waals surface area contributed by atoms with E-state index >= 15 is 0 Å². The number of anilines is 1. The van der Waals surface area contributed by atoms with Crippen LogP contribution in [-0.2, 0) is 9.53 Å². The van der Waals surface area contributed by atoms with Gasteiger partial charge in [-0.05, 0) is 19.8 Å². The largest absolute Gasteiger partial charge is 0.480 e. The number of esters is 1. The van der Waals surface area contributed by atoms with E-state index in [4.69, 9.17) is 5.11 Å². The maximum Gasteiger partial charge on any atom is 0.357 e. The molecule has 2 heterocycles. The highest BCUT2D eigenvalue weighted by molar-refractivity contribution is 7.15. The molecule has 1 unspecified atom stereocenters. The first-order valence-electron chi connectivity index (χ1n) is 5.59. The summed E-state index contributed by atoms with van der Waals surface area (Å²) in [5, 5.41) is 9.70. The van der Waals surface area contributed by atoms with Crippen LogP contribution in [0, 0.1) is 6.92 Å². The fourth-order valence-electron chi connectivity index (χ4n) is 2.04. The molecule has 0 saturated carbocycles. The quantitative estimate of drug-likeness (QED) is 0.834. The minimum absolute atomic E-state index is 0.272. The summed E-state index contributed by atoms with van der Waals surface area (Å²) in [5.41, 5.74) is 0.272. The monoisotopic (exact) mass is 270 g/mol. The lowest BCUT2D eigenvalue weighted by Gasteiger charge is -2.19. The topological polar surface area (TPSA) is 79.7 Å². The molecule has 1 aliphatic heterocycles. The standard InChI is InChI=1S/C11H14N2O4S/c1-6-8(10(16)17-2)12-11(18-6)13-5-3-4-7(13)9(14)15/h7H,3-5H2,1-2H3,(H,14,15). The molecular weight excluding hydrogens is 256 g/mol. The molecule has 0 amide bonds. The zero-order valence-electron chi connectivity index (χ0n) is 10.2. The van der Waals surface area contributed by atoms with Gasteiger partial charge in [-0.25, -0.2) is 14.6 Å². The van der Waals surface area contributed by atoms with Gasteiger partial charge in [0.2, 0.25) is 0 Å². The van der Waals surface area contributed by atoms with E-state index in [0.717, 1.165) is 11.3 Å². The van der Waals surface area contributed by atoms with Gasteiger partial charge >= 0.3 is 11.9 Å². The van der Waals surface area contributed by atoms with Crippen LogP contribution in [0.2, 0.25) is 0 Å². The van der Waals surface area contributed by atoms with Crippen LogP contribution >= 0.6 is 11.3 Å². The van der Waals surface area contributed by atoms with Crippen molar-refractivity contribution in [2.75, 3.05) is 18.6 Å². The summed E-state index contributed by atoms with van der Waals surface area (Å²) in [4.78, 5) is 29.3. The van der Waals surface area contributed by atoms with Gasteiger partial charge in [-0.1, -0.05) is 0 Å². The Kier molecular flexibility index (Phi) is 3.51. The number of aromatic nitrogens is 1. The summed E-state index contributed by atoms with van der Waals surface area (Å²) in [6.45, 7) is 2.43. The highest BCUT2D eigenvalue weighted by Gasteiger charge is 2.33. The van der Waals surface area contributed by atoms with Crippen LogP contribution < -0.4 is 4.90 Å². The van der Waals surface area contributed by atoms with Gasteiger partial charge < -0.3 is 14.7 Å². The van der Waals surface area contributed by atoms with E-state index in [9.17, 15) is 9.59 Å². The second kappa shape index (κ2) is 4.93. The van der Waals surface area contributed by atoms with Gasteiger partial charge in [-0.2, -0.15) is 0 Å². The minimum atomic E-state index is -0.847. The number of hydrogen-bond donors (Lipinski definition) is 1. The molecule has 1 atom stereocenters. The third-order valence-electron chi connectivity index (χ3n) is 2.95. The number of hydrogen-bond acceptors (Lipinski definition) is 6. The van der Waals surface area contributed by atoms with Crippen LogP contribution in [0.5, 0.6) is 0 Å². The van der Waals surface area contributed by atoms with Crippen LogP contribution in [0.15, 0.2) is 0 Å². The number of ether oxygens (including phenoxy) is 1. The van der Waals surface area contributed by atoms with Crippen molar-refractivity contribution in [2.45, 2.75) is 25.8 Å². The SMILES string of the molecule is COC(=O)c1nc(N2CCCC2C(=O)O)sc1C. The molecular formula is C11H14N2O4S. The number of carbonyl (C=O) groups excluding carboxylic acids is 1. The number of methoxy groups -OCH3 is 1. The van der Waals surface area contributed by atoms with E-state index in [1.807, 2.05) is 0 Å². The van der Waals surface area contributed by atoms with Gasteiger partial charge in [0.25, 0.3) is 0 Å².